The number of benzene rings is 2. The van der Waals surface area contributed by atoms with Crippen LogP contribution < -0.4 is 15.0 Å². The van der Waals surface area contributed by atoms with Crippen LogP contribution >= 0.6 is 0 Å². The van der Waals surface area contributed by atoms with Crippen molar-refractivity contribution in [3.63, 3.8) is 0 Å². The molecule has 10 heteroatoms. The molecule has 0 saturated carbocycles. The molecule has 188 valence electrons. The lowest BCUT2D eigenvalue weighted by molar-refractivity contribution is -0.137. The van der Waals surface area contributed by atoms with Crippen LogP contribution in [0.4, 0.5) is 5.69 Å². The van der Waals surface area contributed by atoms with E-state index >= 15 is 0 Å². The number of para-hydroxylation sites is 2. The predicted molar refractivity (Wildman–Crippen MR) is 134 cm³/mol. The molecule has 2 aliphatic heterocycles. The van der Waals surface area contributed by atoms with E-state index in [1.807, 2.05) is 59.5 Å². The molecular weight excluding hydrogens is 468 g/mol. The number of carbonyl (C=O) groups excluding carboxylic acids is 2. The third kappa shape index (κ3) is 5.28. The number of piperidine rings is 1. The highest BCUT2D eigenvalue weighted by Crippen LogP contribution is 2.39. The minimum atomic E-state index is -3.33. The fourth-order valence-electron chi connectivity index (χ4n) is 4.99. The van der Waals surface area contributed by atoms with Crippen molar-refractivity contribution in [2.75, 3.05) is 51.1 Å². The number of amides is 2. The Kier molecular flexibility index (Phi) is 7.32. The number of methoxy groups -OCH3 is 1. The van der Waals surface area contributed by atoms with Crippen LogP contribution in [0, 0.1) is 0 Å². The molecule has 0 bridgehead atoms. The summed E-state index contributed by atoms with van der Waals surface area (Å²) in [6.07, 6.45) is 2.56. The smallest absolute Gasteiger partial charge is 0.250 e. The van der Waals surface area contributed by atoms with Crippen LogP contribution in [0.5, 0.6) is 5.75 Å². The van der Waals surface area contributed by atoms with Crippen LogP contribution in [0.2, 0.25) is 0 Å². The van der Waals surface area contributed by atoms with Crippen molar-refractivity contribution in [1.29, 1.82) is 0 Å². The first-order valence-electron chi connectivity index (χ1n) is 11.7. The second kappa shape index (κ2) is 10.2. The van der Waals surface area contributed by atoms with Gasteiger partial charge in [0.25, 0.3) is 0 Å². The number of sulfonamides is 1. The van der Waals surface area contributed by atoms with Gasteiger partial charge in [-0.15, -0.1) is 0 Å². The number of nitrogens with one attached hydrogen (secondary N) is 1. The van der Waals surface area contributed by atoms with Crippen molar-refractivity contribution in [3.05, 3.63) is 60.2 Å². The highest BCUT2D eigenvalue weighted by molar-refractivity contribution is 7.88. The Morgan fingerprint density at radius 3 is 2.37 bits per heavy atom. The van der Waals surface area contributed by atoms with Gasteiger partial charge in [0.15, 0.2) is 0 Å². The first kappa shape index (κ1) is 25.0. The van der Waals surface area contributed by atoms with Gasteiger partial charge in [-0.2, -0.15) is 0 Å². The van der Waals surface area contributed by atoms with E-state index in [-0.39, 0.29) is 38.1 Å². The van der Waals surface area contributed by atoms with Gasteiger partial charge in [-0.3, -0.25) is 9.59 Å². The third-order valence-corrected chi connectivity index (χ3v) is 8.15. The Morgan fingerprint density at radius 2 is 1.71 bits per heavy atom. The number of rotatable bonds is 8. The molecule has 2 aromatic rings. The van der Waals surface area contributed by atoms with Gasteiger partial charge >= 0.3 is 0 Å². The molecule has 0 atom stereocenters. The molecule has 2 aromatic carbocycles. The van der Waals surface area contributed by atoms with Crippen molar-refractivity contribution in [3.8, 4) is 5.75 Å². The van der Waals surface area contributed by atoms with Crippen molar-refractivity contribution in [2.45, 2.75) is 24.8 Å². The quantitative estimate of drug-likeness (QED) is 0.589. The standard InChI is InChI=1S/C25H32N4O5S/c1-34-22-11-7-6-8-20(22)12-15-26-23(30)18-27-19-29(21-9-4-3-5-10-21)25(24(27)31)13-16-28(17-14-25)35(2,32)33/h3-11H,12-19H2,1-2H3,(H,26,30). The Hall–Kier alpha value is -3.11. The van der Waals surface area contributed by atoms with E-state index in [0.29, 0.717) is 25.8 Å². The Labute approximate surface area is 206 Å². The molecule has 0 aliphatic carbocycles. The average molecular weight is 501 g/mol. The van der Waals surface area contributed by atoms with Gasteiger partial charge < -0.3 is 19.9 Å². The first-order chi connectivity index (χ1) is 16.7. The first-order valence-corrected chi connectivity index (χ1v) is 13.6. The van der Waals surface area contributed by atoms with Crippen molar-refractivity contribution in [2.24, 2.45) is 0 Å². The van der Waals surface area contributed by atoms with Crippen LogP contribution in [-0.2, 0) is 26.0 Å². The van der Waals surface area contributed by atoms with Crippen molar-refractivity contribution in [1.82, 2.24) is 14.5 Å². The molecule has 0 unspecified atom stereocenters. The van der Waals surface area contributed by atoms with Gasteiger partial charge in [-0.1, -0.05) is 36.4 Å². The van der Waals surface area contributed by atoms with Gasteiger partial charge in [0, 0.05) is 25.3 Å². The topological polar surface area (TPSA) is 99.3 Å². The molecule has 9 nitrogen and oxygen atoms in total. The maximum atomic E-state index is 13.7. The maximum Gasteiger partial charge on any atom is 0.250 e. The highest BCUT2D eigenvalue weighted by Gasteiger charge is 2.54. The molecule has 0 radical (unpaired) electrons. The monoisotopic (exact) mass is 500 g/mol. The van der Waals surface area contributed by atoms with Gasteiger partial charge in [0.05, 0.1) is 20.0 Å². The Morgan fingerprint density at radius 1 is 1.06 bits per heavy atom. The molecule has 4 rings (SSSR count). The zero-order valence-electron chi connectivity index (χ0n) is 20.1. The summed E-state index contributed by atoms with van der Waals surface area (Å²) in [6, 6.07) is 17.3. The maximum absolute atomic E-state index is 13.7. The number of carbonyl (C=O) groups is 2. The summed E-state index contributed by atoms with van der Waals surface area (Å²) in [5.74, 6) is 0.415. The summed E-state index contributed by atoms with van der Waals surface area (Å²) in [6.45, 7) is 1.20. The lowest BCUT2D eigenvalue weighted by atomic mass is 9.86. The second-order valence-electron chi connectivity index (χ2n) is 9.01. The number of anilines is 1. The summed E-state index contributed by atoms with van der Waals surface area (Å²) in [4.78, 5) is 30.0. The van der Waals surface area contributed by atoms with E-state index in [9.17, 15) is 18.0 Å². The van der Waals surface area contributed by atoms with Crippen molar-refractivity contribution >= 4 is 27.5 Å². The summed E-state index contributed by atoms with van der Waals surface area (Å²) in [5, 5.41) is 2.91. The minimum Gasteiger partial charge on any atom is -0.496 e. The minimum absolute atomic E-state index is 0.0500. The SMILES string of the molecule is COc1ccccc1CCNC(=O)CN1CN(c2ccccc2)C2(CCN(S(C)(=O)=O)CC2)C1=O. The zero-order valence-corrected chi connectivity index (χ0v) is 21.0. The number of hydrogen-bond donors (Lipinski definition) is 1. The second-order valence-corrected chi connectivity index (χ2v) is 11.0. The van der Waals surface area contributed by atoms with E-state index in [1.165, 1.54) is 10.6 Å². The number of nitrogens with zero attached hydrogens (tertiary/aromatic N) is 3. The third-order valence-electron chi connectivity index (χ3n) is 6.84. The van der Waals surface area contributed by atoms with Crippen LogP contribution in [0.25, 0.3) is 0 Å². The molecule has 35 heavy (non-hydrogen) atoms. The van der Waals surface area contributed by atoms with E-state index < -0.39 is 15.6 Å². The van der Waals surface area contributed by atoms with Crippen LogP contribution in [-0.4, -0.2) is 81.2 Å². The van der Waals surface area contributed by atoms with Crippen molar-refractivity contribution < 1.29 is 22.7 Å². The lowest BCUT2D eigenvalue weighted by Crippen LogP contribution is -2.57. The van der Waals surface area contributed by atoms with E-state index in [0.717, 1.165) is 17.0 Å². The number of ether oxygens (including phenoxy) is 1. The van der Waals surface area contributed by atoms with Gasteiger partial charge in [-0.05, 0) is 43.0 Å². The van der Waals surface area contributed by atoms with E-state index in [1.54, 1.807) is 12.0 Å². The predicted octanol–water partition coefficient (Wildman–Crippen LogP) is 1.45. The summed E-state index contributed by atoms with van der Waals surface area (Å²) in [7, 11) is -1.71. The normalized spacial score (nSPS) is 18.2. The molecule has 2 heterocycles. The summed E-state index contributed by atoms with van der Waals surface area (Å²) >= 11 is 0. The van der Waals surface area contributed by atoms with Crippen LogP contribution in [0.3, 0.4) is 0 Å². The van der Waals surface area contributed by atoms with E-state index in [2.05, 4.69) is 5.32 Å². The molecule has 2 aliphatic rings. The average Bonchev–Trinajstić information content (AvgIpc) is 3.10. The number of hydrogen-bond acceptors (Lipinski definition) is 6. The molecule has 2 saturated heterocycles. The molecule has 1 spiro atoms. The summed E-state index contributed by atoms with van der Waals surface area (Å²) < 4.78 is 30.8. The molecule has 1 N–H and O–H groups in total. The van der Waals surface area contributed by atoms with Crippen LogP contribution in [0.1, 0.15) is 18.4 Å². The molecular formula is C25H32N4O5S. The Bertz CT molecular complexity index is 1160. The zero-order chi connectivity index (χ0) is 25.1. The summed E-state index contributed by atoms with van der Waals surface area (Å²) in [5.41, 5.74) is 1.02. The molecule has 2 fully saturated rings. The van der Waals surface area contributed by atoms with Gasteiger partial charge in [-0.25, -0.2) is 12.7 Å². The molecule has 2 amide bonds. The highest BCUT2D eigenvalue weighted by atomic mass is 32.2. The fraction of sp³-hybridized carbons (Fsp3) is 0.440. The van der Waals surface area contributed by atoms with E-state index in [4.69, 9.17) is 4.74 Å². The van der Waals surface area contributed by atoms with Gasteiger partial charge in [0.2, 0.25) is 21.8 Å². The Balaban J connectivity index is 1.44. The van der Waals surface area contributed by atoms with Gasteiger partial charge in [0.1, 0.15) is 17.8 Å². The van der Waals surface area contributed by atoms with Crippen LogP contribution in [0.15, 0.2) is 54.6 Å². The fourth-order valence-corrected chi connectivity index (χ4v) is 5.83. The molecule has 0 aromatic heterocycles. The lowest BCUT2D eigenvalue weighted by Gasteiger charge is -2.42. The largest absolute Gasteiger partial charge is 0.496 e.